The summed E-state index contributed by atoms with van der Waals surface area (Å²) in [5.41, 5.74) is 3.59. The van der Waals surface area contributed by atoms with Gasteiger partial charge in [-0.3, -0.25) is 9.18 Å². The van der Waals surface area contributed by atoms with Crippen LogP contribution < -0.4 is 15.5 Å². The Labute approximate surface area is 199 Å². The molecule has 0 radical (unpaired) electrons. The van der Waals surface area contributed by atoms with Gasteiger partial charge in [0.2, 0.25) is 11.8 Å². The monoisotopic (exact) mass is 477 g/mol. The van der Waals surface area contributed by atoms with Gasteiger partial charge >= 0.3 is 0 Å². The molecule has 1 saturated heterocycles. The van der Waals surface area contributed by atoms with Crippen LogP contribution in [0.25, 0.3) is 33.5 Å². The molecule has 2 fully saturated rings. The van der Waals surface area contributed by atoms with Gasteiger partial charge in [0, 0.05) is 49.4 Å². The van der Waals surface area contributed by atoms with Gasteiger partial charge in [-0.05, 0) is 30.5 Å². The number of benzene rings is 1. The number of hydrogen-bond acceptors (Lipinski definition) is 9. The number of alkyl halides is 1. The van der Waals surface area contributed by atoms with Crippen molar-refractivity contribution in [3.63, 3.8) is 0 Å². The van der Waals surface area contributed by atoms with Crippen molar-refractivity contribution in [2.24, 2.45) is 11.8 Å². The van der Waals surface area contributed by atoms with Gasteiger partial charge in [0.1, 0.15) is 11.0 Å². The number of carbonyl (C=O) groups excluding carboxylic acids is 1. The molecule has 0 unspecified atom stereocenters. The SMILES string of the molecule is CNc1ncc(-c2nc3ccc(N4CCOCC4)cc3o2)c2cc(NC(=O)[C@@H]3C[C@@H]3CF)nnc12. The Hall–Kier alpha value is -3.86. The zero-order valence-corrected chi connectivity index (χ0v) is 19.1. The number of aromatic nitrogens is 4. The van der Waals surface area contributed by atoms with E-state index in [1.54, 1.807) is 19.3 Å². The Morgan fingerprint density at radius 2 is 2.09 bits per heavy atom. The second kappa shape index (κ2) is 8.73. The highest BCUT2D eigenvalue weighted by Crippen LogP contribution is 2.40. The molecule has 10 nitrogen and oxygen atoms in total. The van der Waals surface area contributed by atoms with Gasteiger partial charge in [0.25, 0.3) is 0 Å². The van der Waals surface area contributed by atoms with Crippen LogP contribution in [0.1, 0.15) is 6.42 Å². The van der Waals surface area contributed by atoms with E-state index >= 15 is 0 Å². The lowest BCUT2D eigenvalue weighted by Crippen LogP contribution is -2.36. The first-order valence-electron chi connectivity index (χ1n) is 11.6. The molecule has 0 spiro atoms. The van der Waals surface area contributed by atoms with E-state index in [0.717, 1.165) is 24.3 Å². The third-order valence-corrected chi connectivity index (χ3v) is 6.56. The van der Waals surface area contributed by atoms with Crippen LogP contribution in [0.5, 0.6) is 0 Å². The molecule has 2 aliphatic rings. The Morgan fingerprint density at radius 3 is 2.86 bits per heavy atom. The number of halogens is 1. The molecule has 3 aromatic heterocycles. The van der Waals surface area contributed by atoms with Gasteiger partial charge in [0.15, 0.2) is 17.2 Å². The lowest BCUT2D eigenvalue weighted by molar-refractivity contribution is -0.117. The molecule has 1 aliphatic carbocycles. The van der Waals surface area contributed by atoms with Crippen LogP contribution in [0.2, 0.25) is 0 Å². The summed E-state index contributed by atoms with van der Waals surface area (Å²) >= 11 is 0. The van der Waals surface area contributed by atoms with Crippen molar-refractivity contribution in [2.75, 3.05) is 55.6 Å². The molecule has 4 aromatic rings. The van der Waals surface area contributed by atoms with Crippen LogP contribution >= 0.6 is 0 Å². The molecule has 1 aliphatic heterocycles. The summed E-state index contributed by atoms with van der Waals surface area (Å²) < 4.78 is 24.4. The fourth-order valence-corrected chi connectivity index (χ4v) is 4.45. The molecule has 4 heterocycles. The Kier molecular flexibility index (Phi) is 5.40. The summed E-state index contributed by atoms with van der Waals surface area (Å²) in [5.74, 6) is 0.445. The Morgan fingerprint density at radius 1 is 1.23 bits per heavy atom. The van der Waals surface area contributed by atoms with Crippen LogP contribution in [0, 0.1) is 11.8 Å². The van der Waals surface area contributed by atoms with Gasteiger partial charge in [-0.1, -0.05) is 0 Å². The summed E-state index contributed by atoms with van der Waals surface area (Å²) in [6.07, 6.45) is 2.22. The zero-order valence-electron chi connectivity index (χ0n) is 19.1. The van der Waals surface area contributed by atoms with Crippen LogP contribution in [-0.4, -0.2) is 66.1 Å². The number of hydrogen-bond donors (Lipinski definition) is 2. The molecule has 1 saturated carbocycles. The number of anilines is 3. The largest absolute Gasteiger partial charge is 0.436 e. The van der Waals surface area contributed by atoms with Crippen molar-refractivity contribution in [3.05, 3.63) is 30.5 Å². The number of morpholine rings is 1. The topological polar surface area (TPSA) is 118 Å². The summed E-state index contributed by atoms with van der Waals surface area (Å²) in [5, 5.41) is 14.9. The molecule has 35 heavy (non-hydrogen) atoms. The molecule has 6 rings (SSSR count). The maximum atomic E-state index is 12.8. The number of nitrogens with one attached hydrogen (secondary N) is 2. The summed E-state index contributed by atoms with van der Waals surface area (Å²) in [7, 11) is 1.75. The number of oxazole rings is 1. The van der Waals surface area contributed by atoms with E-state index in [0.29, 0.717) is 53.4 Å². The smallest absolute Gasteiger partial charge is 0.229 e. The standard InChI is InChI=1S/C24H24FN7O3/c1-26-22-21-16(10-20(30-31-21)29-23(33)15-8-13(15)11-25)17(12-27-22)24-28-18-3-2-14(9-19(18)35-24)32-4-6-34-7-5-32/h2-3,9-10,12-13,15H,4-8,11H2,1H3,(H,26,27)(H,29,30,33)/t13-,15-/m1/s1. The van der Waals surface area contributed by atoms with Crippen molar-refractivity contribution in [3.8, 4) is 11.5 Å². The van der Waals surface area contributed by atoms with Gasteiger partial charge in [-0.15, -0.1) is 10.2 Å². The highest BCUT2D eigenvalue weighted by Gasteiger charge is 2.43. The molecule has 0 bridgehead atoms. The summed E-state index contributed by atoms with van der Waals surface area (Å²) in [6, 6.07) is 7.67. The van der Waals surface area contributed by atoms with Crippen molar-refractivity contribution < 1.29 is 18.3 Å². The van der Waals surface area contributed by atoms with E-state index in [9.17, 15) is 9.18 Å². The van der Waals surface area contributed by atoms with E-state index in [1.165, 1.54) is 0 Å². The predicted molar refractivity (Wildman–Crippen MR) is 129 cm³/mol. The first-order chi connectivity index (χ1) is 17.1. The number of nitrogens with zero attached hydrogens (tertiary/aromatic N) is 5. The molecule has 11 heteroatoms. The second-order valence-corrected chi connectivity index (χ2v) is 8.78. The van der Waals surface area contributed by atoms with E-state index < -0.39 is 6.67 Å². The highest BCUT2D eigenvalue weighted by atomic mass is 19.1. The number of ether oxygens (including phenoxy) is 1. The third-order valence-electron chi connectivity index (χ3n) is 6.56. The minimum atomic E-state index is -0.492. The number of pyridine rings is 1. The average Bonchev–Trinajstić information content (AvgIpc) is 3.58. The third kappa shape index (κ3) is 4.01. The van der Waals surface area contributed by atoms with E-state index in [2.05, 4.69) is 35.7 Å². The lowest BCUT2D eigenvalue weighted by Gasteiger charge is -2.28. The molecule has 1 amide bonds. The van der Waals surface area contributed by atoms with Crippen molar-refractivity contribution in [1.82, 2.24) is 20.2 Å². The Bertz CT molecular complexity index is 1420. The maximum Gasteiger partial charge on any atom is 0.229 e. The molecule has 2 atom stereocenters. The number of fused-ring (bicyclic) bond motifs is 2. The van der Waals surface area contributed by atoms with Crippen LogP contribution in [-0.2, 0) is 9.53 Å². The lowest BCUT2D eigenvalue weighted by atomic mass is 10.1. The average molecular weight is 478 g/mol. The maximum absolute atomic E-state index is 12.8. The minimum Gasteiger partial charge on any atom is -0.436 e. The predicted octanol–water partition coefficient (Wildman–Crippen LogP) is 3.26. The molecule has 180 valence electrons. The van der Waals surface area contributed by atoms with E-state index in [-0.39, 0.29) is 23.6 Å². The Balaban J connectivity index is 1.37. The fourth-order valence-electron chi connectivity index (χ4n) is 4.45. The van der Waals surface area contributed by atoms with Gasteiger partial charge in [-0.2, -0.15) is 0 Å². The summed E-state index contributed by atoms with van der Waals surface area (Å²) in [4.78, 5) is 23.8. The van der Waals surface area contributed by atoms with Crippen LogP contribution in [0.4, 0.5) is 21.7 Å². The van der Waals surface area contributed by atoms with E-state index in [4.69, 9.17) is 9.15 Å². The van der Waals surface area contributed by atoms with Crippen molar-refractivity contribution in [2.45, 2.75) is 6.42 Å². The van der Waals surface area contributed by atoms with Gasteiger partial charge < -0.3 is 24.7 Å². The number of carbonyl (C=O) groups is 1. The van der Waals surface area contributed by atoms with Crippen LogP contribution in [0.3, 0.4) is 0 Å². The minimum absolute atomic E-state index is 0.207. The highest BCUT2D eigenvalue weighted by molar-refractivity contribution is 6.01. The fraction of sp³-hybridized carbons (Fsp3) is 0.375. The number of rotatable bonds is 6. The van der Waals surface area contributed by atoms with Crippen molar-refractivity contribution >= 4 is 45.2 Å². The number of amides is 1. The van der Waals surface area contributed by atoms with Gasteiger partial charge in [0.05, 0.1) is 25.5 Å². The van der Waals surface area contributed by atoms with Crippen molar-refractivity contribution in [1.29, 1.82) is 0 Å². The molecular formula is C24H24FN7O3. The molecule has 1 aromatic carbocycles. The summed E-state index contributed by atoms with van der Waals surface area (Å²) in [6.45, 7) is 2.56. The first-order valence-corrected chi connectivity index (χ1v) is 11.6. The first kappa shape index (κ1) is 21.7. The van der Waals surface area contributed by atoms with Crippen LogP contribution in [0.15, 0.2) is 34.9 Å². The van der Waals surface area contributed by atoms with Gasteiger partial charge in [-0.25, -0.2) is 9.97 Å². The second-order valence-electron chi connectivity index (χ2n) is 8.78. The quantitative estimate of drug-likeness (QED) is 0.431. The van der Waals surface area contributed by atoms with E-state index in [1.807, 2.05) is 18.2 Å². The molecule has 2 N–H and O–H groups in total. The molecular weight excluding hydrogens is 453 g/mol. The normalized spacial score (nSPS) is 19.8. The zero-order chi connectivity index (χ0) is 23.9.